The maximum atomic E-state index is 12.8. The van der Waals surface area contributed by atoms with E-state index in [4.69, 9.17) is 4.74 Å². The van der Waals surface area contributed by atoms with Crippen LogP contribution in [0.3, 0.4) is 0 Å². The zero-order valence-corrected chi connectivity index (χ0v) is 14.8. The highest BCUT2D eigenvalue weighted by atomic mass is 32.2. The lowest BCUT2D eigenvalue weighted by atomic mass is 9.85. The van der Waals surface area contributed by atoms with E-state index in [2.05, 4.69) is 23.4 Å². The molecule has 3 rings (SSSR count). The van der Waals surface area contributed by atoms with E-state index in [1.807, 2.05) is 11.8 Å². The first-order valence-corrected chi connectivity index (χ1v) is 10.1. The van der Waals surface area contributed by atoms with E-state index in [1.54, 1.807) is 0 Å². The first-order chi connectivity index (χ1) is 10.7. The van der Waals surface area contributed by atoms with Gasteiger partial charge in [-0.2, -0.15) is 11.8 Å². The molecule has 2 saturated heterocycles. The molecule has 126 valence electrons. The van der Waals surface area contributed by atoms with Crippen LogP contribution in [0.5, 0.6) is 0 Å². The molecule has 1 aliphatic carbocycles. The van der Waals surface area contributed by atoms with Crippen molar-refractivity contribution in [2.75, 3.05) is 26.0 Å². The summed E-state index contributed by atoms with van der Waals surface area (Å²) in [6, 6.07) is 1.05. The quantitative estimate of drug-likeness (QED) is 0.865. The Balaban J connectivity index is 1.59. The second-order valence-corrected chi connectivity index (χ2v) is 8.54. The molecule has 2 heterocycles. The third kappa shape index (κ3) is 3.25. The smallest absolute Gasteiger partial charge is 0.317 e. The predicted molar refractivity (Wildman–Crippen MR) is 91.4 cm³/mol. The van der Waals surface area contributed by atoms with Gasteiger partial charge in [-0.3, -0.25) is 0 Å². The van der Waals surface area contributed by atoms with Gasteiger partial charge in [-0.15, -0.1) is 0 Å². The molecule has 0 aromatic rings. The first kappa shape index (κ1) is 16.4. The maximum absolute atomic E-state index is 12.8. The van der Waals surface area contributed by atoms with Crippen LogP contribution in [0, 0.1) is 5.92 Å². The first-order valence-electron chi connectivity index (χ1n) is 8.84. The van der Waals surface area contributed by atoms with Crippen molar-refractivity contribution in [3.8, 4) is 0 Å². The van der Waals surface area contributed by atoms with E-state index in [1.165, 1.54) is 32.1 Å². The van der Waals surface area contributed by atoms with E-state index in [9.17, 15) is 4.79 Å². The van der Waals surface area contributed by atoms with Crippen LogP contribution in [0.2, 0.25) is 0 Å². The van der Waals surface area contributed by atoms with Crippen molar-refractivity contribution < 1.29 is 9.53 Å². The van der Waals surface area contributed by atoms with Gasteiger partial charge in [-0.1, -0.05) is 12.8 Å². The molecule has 4 nitrogen and oxygen atoms in total. The van der Waals surface area contributed by atoms with Gasteiger partial charge in [0, 0.05) is 36.6 Å². The Morgan fingerprint density at radius 1 is 1.32 bits per heavy atom. The molecular weight excluding hydrogens is 296 g/mol. The molecule has 0 spiro atoms. The highest BCUT2D eigenvalue weighted by molar-refractivity contribution is 8.00. The number of ether oxygens (including phenoxy) is 1. The molecule has 0 aromatic heterocycles. The van der Waals surface area contributed by atoms with E-state index in [0.717, 1.165) is 38.5 Å². The van der Waals surface area contributed by atoms with Gasteiger partial charge in [0.05, 0.1) is 0 Å². The van der Waals surface area contributed by atoms with Crippen LogP contribution in [0.25, 0.3) is 0 Å². The Kier molecular flexibility index (Phi) is 5.23. The summed E-state index contributed by atoms with van der Waals surface area (Å²) < 4.78 is 5.65. The molecule has 3 atom stereocenters. The SMILES string of the molecule is CSC1(CNC(=O)N2[C@H](C)C[C@H]3CCCC[C@H]32)CCOCC1. The van der Waals surface area contributed by atoms with Crippen LogP contribution >= 0.6 is 11.8 Å². The Morgan fingerprint density at radius 2 is 2.05 bits per heavy atom. The average Bonchev–Trinajstić information content (AvgIpc) is 2.89. The number of nitrogens with one attached hydrogen (secondary N) is 1. The van der Waals surface area contributed by atoms with Gasteiger partial charge >= 0.3 is 6.03 Å². The van der Waals surface area contributed by atoms with Crippen LogP contribution in [-0.4, -0.2) is 53.8 Å². The molecule has 2 amide bonds. The number of hydrogen-bond donors (Lipinski definition) is 1. The number of thioether (sulfide) groups is 1. The van der Waals surface area contributed by atoms with Gasteiger partial charge in [0.1, 0.15) is 0 Å². The Morgan fingerprint density at radius 3 is 2.77 bits per heavy atom. The summed E-state index contributed by atoms with van der Waals surface area (Å²) in [4.78, 5) is 14.9. The molecule has 2 aliphatic heterocycles. The number of hydrogen-bond acceptors (Lipinski definition) is 3. The fourth-order valence-corrected chi connectivity index (χ4v) is 5.37. The van der Waals surface area contributed by atoms with Crippen LogP contribution in [0.15, 0.2) is 0 Å². The number of carbonyl (C=O) groups excluding carboxylic acids is 1. The zero-order chi connectivity index (χ0) is 15.6. The van der Waals surface area contributed by atoms with Gasteiger partial charge in [-0.25, -0.2) is 4.79 Å². The van der Waals surface area contributed by atoms with Gasteiger partial charge in [0.25, 0.3) is 0 Å². The lowest BCUT2D eigenvalue weighted by Crippen LogP contribution is -2.52. The number of fused-ring (bicyclic) bond motifs is 1. The van der Waals surface area contributed by atoms with Crippen molar-refractivity contribution >= 4 is 17.8 Å². The zero-order valence-electron chi connectivity index (χ0n) is 14.0. The van der Waals surface area contributed by atoms with Crippen LogP contribution in [-0.2, 0) is 4.74 Å². The largest absolute Gasteiger partial charge is 0.381 e. The minimum absolute atomic E-state index is 0.168. The standard InChI is InChI=1S/C17H30N2O2S/c1-13-11-14-5-3-4-6-15(14)19(13)16(20)18-12-17(22-2)7-9-21-10-8-17/h13-15H,3-12H2,1-2H3,(H,18,20)/t13-,14-,15-/m1/s1. The Bertz CT molecular complexity index is 398. The van der Waals surface area contributed by atoms with Crippen LogP contribution in [0.4, 0.5) is 4.79 Å². The minimum atomic E-state index is 0.168. The molecule has 3 fully saturated rings. The van der Waals surface area contributed by atoms with Crippen LogP contribution in [0.1, 0.15) is 51.9 Å². The molecule has 1 N–H and O–H groups in total. The van der Waals surface area contributed by atoms with E-state index in [0.29, 0.717) is 12.1 Å². The second-order valence-electron chi connectivity index (χ2n) is 7.26. The summed E-state index contributed by atoms with van der Waals surface area (Å²) in [5.41, 5.74) is 0. The number of urea groups is 1. The molecule has 0 aromatic carbocycles. The summed E-state index contributed by atoms with van der Waals surface area (Å²) in [7, 11) is 0. The summed E-state index contributed by atoms with van der Waals surface area (Å²) in [5.74, 6) is 0.743. The lowest BCUT2D eigenvalue weighted by molar-refractivity contribution is 0.0767. The predicted octanol–water partition coefficient (Wildman–Crippen LogP) is 3.26. The number of likely N-dealkylation sites (tertiary alicyclic amines) is 1. The van der Waals surface area contributed by atoms with Crippen molar-refractivity contribution in [2.24, 2.45) is 5.92 Å². The fraction of sp³-hybridized carbons (Fsp3) is 0.941. The van der Waals surface area contributed by atoms with E-state index < -0.39 is 0 Å². The van der Waals surface area contributed by atoms with Crippen molar-refractivity contribution in [1.29, 1.82) is 0 Å². The normalized spacial score (nSPS) is 34.3. The Hall–Kier alpha value is -0.420. The average molecular weight is 327 g/mol. The van der Waals surface area contributed by atoms with Gasteiger partial charge in [0.2, 0.25) is 0 Å². The minimum Gasteiger partial charge on any atom is -0.381 e. The third-order valence-corrected chi connectivity index (χ3v) is 7.40. The molecule has 22 heavy (non-hydrogen) atoms. The molecule has 0 radical (unpaired) electrons. The summed E-state index contributed by atoms with van der Waals surface area (Å²) in [5, 5.41) is 3.26. The molecule has 0 unspecified atom stereocenters. The maximum Gasteiger partial charge on any atom is 0.317 e. The molecule has 5 heteroatoms. The monoisotopic (exact) mass is 326 g/mol. The summed E-state index contributed by atoms with van der Waals surface area (Å²) >= 11 is 1.89. The molecule has 1 saturated carbocycles. The van der Waals surface area contributed by atoms with Gasteiger partial charge in [0.15, 0.2) is 0 Å². The van der Waals surface area contributed by atoms with Crippen molar-refractivity contribution in [3.63, 3.8) is 0 Å². The van der Waals surface area contributed by atoms with Gasteiger partial charge in [-0.05, 0) is 51.2 Å². The number of carbonyl (C=O) groups is 1. The van der Waals surface area contributed by atoms with E-state index in [-0.39, 0.29) is 10.8 Å². The molecule has 0 bridgehead atoms. The highest BCUT2D eigenvalue weighted by Gasteiger charge is 2.43. The summed E-state index contributed by atoms with van der Waals surface area (Å²) in [6.07, 6.45) is 10.6. The van der Waals surface area contributed by atoms with Crippen LogP contribution < -0.4 is 5.32 Å². The highest BCUT2D eigenvalue weighted by Crippen LogP contribution is 2.39. The second kappa shape index (κ2) is 7.00. The lowest BCUT2D eigenvalue weighted by Gasteiger charge is -2.38. The Labute approximate surface area is 138 Å². The number of rotatable bonds is 3. The third-order valence-electron chi connectivity index (χ3n) is 5.98. The number of amides is 2. The fourth-order valence-electron chi connectivity index (χ4n) is 4.58. The van der Waals surface area contributed by atoms with E-state index >= 15 is 0 Å². The topological polar surface area (TPSA) is 41.6 Å². The number of nitrogens with zero attached hydrogens (tertiary/aromatic N) is 1. The molecular formula is C17H30N2O2S. The van der Waals surface area contributed by atoms with Gasteiger partial charge < -0.3 is 15.0 Å². The van der Waals surface area contributed by atoms with Crippen molar-refractivity contribution in [1.82, 2.24) is 10.2 Å². The van der Waals surface area contributed by atoms with Crippen molar-refractivity contribution in [3.05, 3.63) is 0 Å². The molecule has 3 aliphatic rings. The summed E-state index contributed by atoms with van der Waals surface area (Å²) in [6.45, 7) is 4.64. The van der Waals surface area contributed by atoms with Crippen molar-refractivity contribution in [2.45, 2.75) is 68.7 Å².